The third-order valence-electron chi connectivity index (χ3n) is 2.70. The van der Waals surface area contributed by atoms with Crippen LogP contribution in [0.15, 0.2) is 22.8 Å². The van der Waals surface area contributed by atoms with Gasteiger partial charge in [0.25, 0.3) is 0 Å². The van der Waals surface area contributed by atoms with Crippen molar-refractivity contribution in [3.63, 3.8) is 0 Å². The third kappa shape index (κ3) is 3.04. The molecule has 1 aliphatic rings. The number of furan rings is 1. The Morgan fingerprint density at radius 2 is 2.44 bits per heavy atom. The molecule has 0 saturated heterocycles. The van der Waals surface area contributed by atoms with E-state index in [0.29, 0.717) is 11.8 Å². The fraction of sp³-hybridized carbons (Fsp3) is 0.583. The minimum Gasteiger partial charge on any atom is -0.468 e. The lowest BCUT2D eigenvalue weighted by atomic mass is 10.4. The smallest absolute Gasteiger partial charge is 0.232 e. The summed E-state index contributed by atoms with van der Waals surface area (Å²) in [5.74, 6) is 2.54. The van der Waals surface area contributed by atoms with Crippen LogP contribution in [0, 0.1) is 0 Å². The van der Waals surface area contributed by atoms with Crippen molar-refractivity contribution in [3.05, 3.63) is 24.2 Å². The summed E-state index contributed by atoms with van der Waals surface area (Å²) in [6.45, 7) is 2.89. The monoisotopic (exact) mass is 239 g/mol. The molecule has 0 aliphatic heterocycles. The summed E-state index contributed by atoms with van der Waals surface area (Å²) >= 11 is 1.62. The van der Waals surface area contributed by atoms with E-state index in [1.165, 1.54) is 12.8 Å². The molecule has 2 rings (SSSR count). The Bertz CT molecular complexity index is 333. The standard InChI is InChI=1S/C12H17NO2S/c1-2-13(10-5-6-10)12(14)9-16-8-11-4-3-7-15-11/h3-4,7,10H,2,5-6,8-9H2,1H3. The minimum absolute atomic E-state index is 0.265. The first-order valence-corrected chi connectivity index (χ1v) is 6.86. The van der Waals surface area contributed by atoms with E-state index in [2.05, 4.69) is 0 Å². The van der Waals surface area contributed by atoms with Gasteiger partial charge in [-0.25, -0.2) is 0 Å². The molecule has 3 nitrogen and oxygen atoms in total. The van der Waals surface area contributed by atoms with Crippen LogP contribution >= 0.6 is 11.8 Å². The minimum atomic E-state index is 0.265. The molecule has 88 valence electrons. The molecule has 0 atom stereocenters. The van der Waals surface area contributed by atoms with Gasteiger partial charge in [0.15, 0.2) is 0 Å². The number of thioether (sulfide) groups is 1. The van der Waals surface area contributed by atoms with Crippen LogP contribution in [0.2, 0.25) is 0 Å². The normalized spacial score (nSPS) is 15.1. The zero-order valence-electron chi connectivity index (χ0n) is 9.52. The molecule has 0 radical (unpaired) electrons. The highest BCUT2D eigenvalue weighted by Gasteiger charge is 2.30. The van der Waals surface area contributed by atoms with Gasteiger partial charge in [0.2, 0.25) is 5.91 Å². The highest BCUT2D eigenvalue weighted by Crippen LogP contribution is 2.27. The number of amides is 1. The predicted octanol–water partition coefficient (Wildman–Crippen LogP) is 2.52. The molecule has 4 heteroatoms. The highest BCUT2D eigenvalue weighted by atomic mass is 32.2. The van der Waals surface area contributed by atoms with Gasteiger partial charge in [0.05, 0.1) is 17.8 Å². The van der Waals surface area contributed by atoms with Crippen LogP contribution in [0.25, 0.3) is 0 Å². The van der Waals surface area contributed by atoms with E-state index in [4.69, 9.17) is 4.42 Å². The van der Waals surface area contributed by atoms with Gasteiger partial charge < -0.3 is 9.32 Å². The Labute approximate surface area is 100 Å². The molecule has 1 heterocycles. The van der Waals surface area contributed by atoms with Gasteiger partial charge in [-0.1, -0.05) is 0 Å². The maximum absolute atomic E-state index is 11.9. The summed E-state index contributed by atoms with van der Waals surface area (Å²) in [6, 6.07) is 4.35. The number of rotatable bonds is 6. The van der Waals surface area contributed by atoms with Crippen LogP contribution in [0.4, 0.5) is 0 Å². The number of carbonyl (C=O) groups is 1. The molecule has 1 aromatic heterocycles. The van der Waals surface area contributed by atoms with Crippen LogP contribution in [0.5, 0.6) is 0 Å². The number of hydrogen-bond donors (Lipinski definition) is 0. The third-order valence-corrected chi connectivity index (χ3v) is 3.64. The lowest BCUT2D eigenvalue weighted by molar-refractivity contribution is -0.128. The summed E-state index contributed by atoms with van der Waals surface area (Å²) in [5.41, 5.74) is 0. The Morgan fingerprint density at radius 3 is 3.00 bits per heavy atom. The van der Waals surface area contributed by atoms with E-state index in [1.54, 1.807) is 18.0 Å². The molecule has 1 aliphatic carbocycles. The molecule has 0 unspecified atom stereocenters. The lowest BCUT2D eigenvalue weighted by Crippen LogP contribution is -2.34. The largest absolute Gasteiger partial charge is 0.468 e. The van der Waals surface area contributed by atoms with E-state index in [9.17, 15) is 4.79 Å². The average Bonchev–Trinajstić information content (AvgIpc) is 2.96. The SMILES string of the molecule is CCN(C(=O)CSCc1ccco1)C1CC1. The van der Waals surface area contributed by atoms with Gasteiger partial charge in [-0.15, -0.1) is 11.8 Å². The summed E-state index contributed by atoms with van der Waals surface area (Å²) in [7, 11) is 0. The fourth-order valence-electron chi connectivity index (χ4n) is 1.74. The molecule has 0 spiro atoms. The first-order valence-electron chi connectivity index (χ1n) is 5.71. The number of carbonyl (C=O) groups excluding carboxylic acids is 1. The summed E-state index contributed by atoms with van der Waals surface area (Å²) in [6.07, 6.45) is 4.03. The molecule has 1 amide bonds. The molecular formula is C12H17NO2S. The second kappa shape index (κ2) is 5.43. The van der Waals surface area contributed by atoms with Crippen molar-refractivity contribution in [3.8, 4) is 0 Å². The molecule has 1 fully saturated rings. The van der Waals surface area contributed by atoms with Gasteiger partial charge in [-0.3, -0.25) is 4.79 Å². The molecule has 0 bridgehead atoms. The Kier molecular flexibility index (Phi) is 3.93. The van der Waals surface area contributed by atoms with Crippen LogP contribution < -0.4 is 0 Å². The van der Waals surface area contributed by atoms with Gasteiger partial charge >= 0.3 is 0 Å². The van der Waals surface area contributed by atoms with E-state index in [1.807, 2.05) is 24.0 Å². The molecule has 1 aromatic rings. The van der Waals surface area contributed by atoms with Crippen LogP contribution in [0.1, 0.15) is 25.5 Å². The Hall–Kier alpha value is -0.900. The van der Waals surface area contributed by atoms with E-state index in [-0.39, 0.29) is 5.91 Å². The van der Waals surface area contributed by atoms with Crippen LogP contribution in [-0.4, -0.2) is 29.1 Å². The average molecular weight is 239 g/mol. The van der Waals surface area contributed by atoms with E-state index in [0.717, 1.165) is 18.1 Å². The lowest BCUT2D eigenvalue weighted by Gasteiger charge is -2.19. The van der Waals surface area contributed by atoms with Crippen LogP contribution in [-0.2, 0) is 10.5 Å². The zero-order chi connectivity index (χ0) is 11.4. The number of hydrogen-bond acceptors (Lipinski definition) is 3. The fourth-order valence-corrected chi connectivity index (χ4v) is 2.55. The van der Waals surface area contributed by atoms with Crippen molar-refractivity contribution >= 4 is 17.7 Å². The molecule has 0 aromatic carbocycles. The van der Waals surface area contributed by atoms with E-state index >= 15 is 0 Å². The van der Waals surface area contributed by atoms with Crippen molar-refractivity contribution in [2.75, 3.05) is 12.3 Å². The maximum atomic E-state index is 11.9. The molecule has 0 N–H and O–H groups in total. The maximum Gasteiger partial charge on any atom is 0.232 e. The zero-order valence-corrected chi connectivity index (χ0v) is 10.3. The quantitative estimate of drug-likeness (QED) is 0.765. The Morgan fingerprint density at radius 1 is 1.62 bits per heavy atom. The molecule has 1 saturated carbocycles. The second-order valence-electron chi connectivity index (χ2n) is 3.98. The van der Waals surface area contributed by atoms with Crippen LogP contribution in [0.3, 0.4) is 0 Å². The predicted molar refractivity (Wildman–Crippen MR) is 65.3 cm³/mol. The summed E-state index contributed by atoms with van der Waals surface area (Å²) in [4.78, 5) is 13.9. The van der Waals surface area contributed by atoms with Crippen molar-refractivity contribution in [2.45, 2.75) is 31.6 Å². The van der Waals surface area contributed by atoms with E-state index < -0.39 is 0 Å². The van der Waals surface area contributed by atoms with Crippen molar-refractivity contribution in [1.82, 2.24) is 4.90 Å². The highest BCUT2D eigenvalue weighted by molar-refractivity contribution is 7.99. The van der Waals surface area contributed by atoms with Gasteiger partial charge in [-0.2, -0.15) is 0 Å². The topological polar surface area (TPSA) is 33.5 Å². The molecule has 16 heavy (non-hydrogen) atoms. The van der Waals surface area contributed by atoms with Gasteiger partial charge in [0.1, 0.15) is 5.76 Å². The number of nitrogens with zero attached hydrogens (tertiary/aromatic N) is 1. The van der Waals surface area contributed by atoms with Gasteiger partial charge in [0, 0.05) is 12.6 Å². The molecular weight excluding hydrogens is 222 g/mol. The first kappa shape index (κ1) is 11.6. The Balaban J connectivity index is 1.70. The van der Waals surface area contributed by atoms with Crippen molar-refractivity contribution < 1.29 is 9.21 Å². The summed E-state index contributed by atoms with van der Waals surface area (Å²) in [5, 5.41) is 0. The van der Waals surface area contributed by atoms with Crippen molar-refractivity contribution in [2.24, 2.45) is 0 Å². The van der Waals surface area contributed by atoms with Gasteiger partial charge in [-0.05, 0) is 31.9 Å². The first-order chi connectivity index (χ1) is 7.81. The second-order valence-corrected chi connectivity index (χ2v) is 4.97. The van der Waals surface area contributed by atoms with Crippen molar-refractivity contribution in [1.29, 1.82) is 0 Å². The summed E-state index contributed by atoms with van der Waals surface area (Å²) < 4.78 is 5.22.